The average molecular weight is 388 g/mol. The standard InChI is InChI=1S/C22H33N3O3/c1-4-6-7-8-9-15-22(3)20(27)25(21(28)24-22)16-19(26)23-18-13-11-17(10-5-2)12-14-18/h11-14H,4-10,15-16H2,1-3H3,(H,23,26)(H,24,28). The number of rotatable bonds is 11. The molecule has 6 heteroatoms. The zero-order valence-corrected chi connectivity index (χ0v) is 17.3. The van der Waals surface area contributed by atoms with E-state index in [0.29, 0.717) is 12.1 Å². The third kappa shape index (κ3) is 5.81. The number of unbranched alkanes of at least 4 members (excludes halogenated alkanes) is 4. The van der Waals surface area contributed by atoms with Crippen LogP contribution in [0.15, 0.2) is 24.3 Å². The molecule has 154 valence electrons. The molecule has 0 spiro atoms. The summed E-state index contributed by atoms with van der Waals surface area (Å²) in [7, 11) is 0. The normalized spacial score (nSPS) is 19.0. The van der Waals surface area contributed by atoms with Crippen molar-refractivity contribution in [3.05, 3.63) is 29.8 Å². The lowest BCUT2D eigenvalue weighted by Gasteiger charge is -2.21. The molecule has 2 N–H and O–H groups in total. The molecule has 1 heterocycles. The lowest BCUT2D eigenvalue weighted by Crippen LogP contribution is -2.44. The first-order valence-electron chi connectivity index (χ1n) is 10.4. The van der Waals surface area contributed by atoms with E-state index in [1.54, 1.807) is 6.92 Å². The van der Waals surface area contributed by atoms with Gasteiger partial charge < -0.3 is 10.6 Å². The maximum atomic E-state index is 12.7. The van der Waals surface area contributed by atoms with Gasteiger partial charge in [0.25, 0.3) is 5.91 Å². The zero-order chi connectivity index (χ0) is 20.6. The first kappa shape index (κ1) is 21.9. The van der Waals surface area contributed by atoms with Gasteiger partial charge in [0.15, 0.2) is 0 Å². The molecule has 1 aromatic carbocycles. The second-order valence-electron chi connectivity index (χ2n) is 7.81. The molecule has 1 saturated heterocycles. The first-order chi connectivity index (χ1) is 13.4. The number of amides is 4. The number of aryl methyl sites for hydroxylation is 1. The average Bonchev–Trinajstić information content (AvgIpc) is 2.87. The quantitative estimate of drug-likeness (QED) is 0.440. The molecule has 6 nitrogen and oxygen atoms in total. The Morgan fingerprint density at radius 1 is 1.04 bits per heavy atom. The van der Waals surface area contributed by atoms with Crippen molar-refractivity contribution in [2.75, 3.05) is 11.9 Å². The van der Waals surface area contributed by atoms with Crippen molar-refractivity contribution < 1.29 is 14.4 Å². The van der Waals surface area contributed by atoms with Gasteiger partial charge in [0.1, 0.15) is 12.1 Å². The number of nitrogens with zero attached hydrogens (tertiary/aromatic N) is 1. The summed E-state index contributed by atoms with van der Waals surface area (Å²) in [6.45, 7) is 5.75. The number of nitrogens with one attached hydrogen (secondary N) is 2. The minimum atomic E-state index is -0.911. The first-order valence-corrected chi connectivity index (χ1v) is 10.4. The topological polar surface area (TPSA) is 78.5 Å². The Balaban J connectivity index is 1.87. The van der Waals surface area contributed by atoms with E-state index in [4.69, 9.17) is 0 Å². The summed E-state index contributed by atoms with van der Waals surface area (Å²) < 4.78 is 0. The van der Waals surface area contributed by atoms with Crippen molar-refractivity contribution in [1.82, 2.24) is 10.2 Å². The molecule has 0 aromatic heterocycles. The molecule has 0 saturated carbocycles. The predicted molar refractivity (Wildman–Crippen MR) is 111 cm³/mol. The second kappa shape index (κ2) is 10.2. The summed E-state index contributed by atoms with van der Waals surface area (Å²) in [6, 6.07) is 7.14. The van der Waals surface area contributed by atoms with E-state index in [2.05, 4.69) is 24.5 Å². The van der Waals surface area contributed by atoms with Gasteiger partial charge >= 0.3 is 6.03 Å². The smallest absolute Gasteiger partial charge is 0.325 e. The molecule has 1 aliphatic heterocycles. The highest BCUT2D eigenvalue weighted by molar-refractivity contribution is 6.09. The third-order valence-corrected chi connectivity index (χ3v) is 5.20. The van der Waals surface area contributed by atoms with Crippen LogP contribution in [0.5, 0.6) is 0 Å². The van der Waals surface area contributed by atoms with Crippen molar-refractivity contribution in [2.45, 2.75) is 77.7 Å². The number of carbonyl (C=O) groups excluding carboxylic acids is 3. The van der Waals surface area contributed by atoms with Crippen molar-refractivity contribution in [3.63, 3.8) is 0 Å². The molecule has 0 bridgehead atoms. The van der Waals surface area contributed by atoms with Gasteiger partial charge in [-0.3, -0.25) is 14.5 Å². The summed E-state index contributed by atoms with van der Waals surface area (Å²) in [4.78, 5) is 38.3. The fraction of sp³-hybridized carbons (Fsp3) is 0.591. The van der Waals surface area contributed by atoms with Gasteiger partial charge in [0.2, 0.25) is 5.91 Å². The number of hydrogen-bond donors (Lipinski definition) is 2. The Labute approximate surface area is 168 Å². The largest absolute Gasteiger partial charge is 0.325 e. The predicted octanol–water partition coefficient (Wildman–Crippen LogP) is 4.25. The molecule has 1 unspecified atom stereocenters. The van der Waals surface area contributed by atoms with Crippen LogP contribution in [0.25, 0.3) is 0 Å². The number of imide groups is 1. The fourth-order valence-corrected chi connectivity index (χ4v) is 3.53. The van der Waals surface area contributed by atoms with E-state index in [0.717, 1.165) is 43.4 Å². The van der Waals surface area contributed by atoms with Crippen LogP contribution in [0.1, 0.15) is 71.3 Å². The van der Waals surface area contributed by atoms with Crippen LogP contribution in [-0.4, -0.2) is 34.8 Å². The van der Waals surface area contributed by atoms with Crippen molar-refractivity contribution >= 4 is 23.5 Å². The SMILES string of the molecule is CCCCCCCC1(C)NC(=O)N(CC(=O)Nc2ccc(CCC)cc2)C1=O. The number of urea groups is 1. The number of anilines is 1. The Hall–Kier alpha value is -2.37. The summed E-state index contributed by atoms with van der Waals surface area (Å²) in [5, 5.41) is 5.53. The van der Waals surface area contributed by atoms with E-state index >= 15 is 0 Å². The third-order valence-electron chi connectivity index (χ3n) is 5.20. The van der Waals surface area contributed by atoms with Gasteiger partial charge in [-0.05, 0) is 37.5 Å². The van der Waals surface area contributed by atoms with Crippen molar-refractivity contribution in [3.8, 4) is 0 Å². The minimum Gasteiger partial charge on any atom is -0.325 e. The number of hydrogen-bond acceptors (Lipinski definition) is 3. The lowest BCUT2D eigenvalue weighted by molar-refractivity contribution is -0.133. The summed E-state index contributed by atoms with van der Waals surface area (Å²) in [5.41, 5.74) is 0.964. The van der Waals surface area contributed by atoms with Crippen molar-refractivity contribution in [2.24, 2.45) is 0 Å². The van der Waals surface area contributed by atoms with Crippen LogP contribution in [0.3, 0.4) is 0 Å². The van der Waals surface area contributed by atoms with Gasteiger partial charge in [-0.1, -0.05) is 64.5 Å². The van der Waals surface area contributed by atoms with E-state index in [-0.39, 0.29) is 18.4 Å². The van der Waals surface area contributed by atoms with Gasteiger partial charge in [-0.2, -0.15) is 0 Å². The summed E-state index contributed by atoms with van der Waals surface area (Å²) in [5.74, 6) is -0.694. The van der Waals surface area contributed by atoms with Crippen molar-refractivity contribution in [1.29, 1.82) is 0 Å². The molecule has 28 heavy (non-hydrogen) atoms. The van der Waals surface area contributed by atoms with E-state index in [1.165, 1.54) is 12.0 Å². The zero-order valence-electron chi connectivity index (χ0n) is 17.3. The maximum absolute atomic E-state index is 12.7. The van der Waals surface area contributed by atoms with Crippen LogP contribution >= 0.6 is 0 Å². The Bertz CT molecular complexity index is 687. The maximum Gasteiger partial charge on any atom is 0.325 e. The highest BCUT2D eigenvalue weighted by Crippen LogP contribution is 2.24. The Kier molecular flexibility index (Phi) is 8.03. The molecule has 4 amide bonds. The van der Waals surface area contributed by atoms with Gasteiger partial charge in [0.05, 0.1) is 0 Å². The van der Waals surface area contributed by atoms with Gasteiger partial charge in [-0.15, -0.1) is 0 Å². The highest BCUT2D eigenvalue weighted by Gasteiger charge is 2.47. The second-order valence-corrected chi connectivity index (χ2v) is 7.81. The van der Waals surface area contributed by atoms with Gasteiger partial charge in [-0.25, -0.2) is 4.79 Å². The van der Waals surface area contributed by atoms with Crippen LogP contribution in [-0.2, 0) is 16.0 Å². The molecule has 1 atom stereocenters. The molecule has 0 radical (unpaired) electrons. The van der Waals surface area contributed by atoms with Gasteiger partial charge in [0, 0.05) is 5.69 Å². The van der Waals surface area contributed by atoms with E-state index < -0.39 is 11.6 Å². The lowest BCUT2D eigenvalue weighted by atomic mass is 9.94. The number of benzene rings is 1. The Morgan fingerprint density at radius 2 is 1.71 bits per heavy atom. The number of carbonyl (C=O) groups is 3. The van der Waals surface area contributed by atoms with E-state index in [1.807, 2.05) is 24.3 Å². The molecule has 1 fully saturated rings. The molecule has 1 aliphatic rings. The van der Waals surface area contributed by atoms with Crippen LogP contribution in [0.4, 0.5) is 10.5 Å². The molecular weight excluding hydrogens is 354 g/mol. The molecule has 0 aliphatic carbocycles. The minimum absolute atomic E-state index is 0.271. The monoisotopic (exact) mass is 387 g/mol. The van der Waals surface area contributed by atoms with Crippen LogP contribution in [0, 0.1) is 0 Å². The van der Waals surface area contributed by atoms with Crippen LogP contribution < -0.4 is 10.6 Å². The Morgan fingerprint density at radius 3 is 2.36 bits per heavy atom. The highest BCUT2D eigenvalue weighted by atomic mass is 16.2. The molecule has 1 aromatic rings. The van der Waals surface area contributed by atoms with Crippen LogP contribution in [0.2, 0.25) is 0 Å². The fourth-order valence-electron chi connectivity index (χ4n) is 3.53. The van der Waals surface area contributed by atoms with E-state index in [9.17, 15) is 14.4 Å². The summed E-state index contributed by atoms with van der Waals surface area (Å²) >= 11 is 0. The summed E-state index contributed by atoms with van der Waals surface area (Å²) in [6.07, 6.45) is 8.06. The molecular formula is C22H33N3O3. The molecule has 2 rings (SSSR count).